The molecule has 11 heteroatoms. The number of aromatic nitrogens is 3. The highest BCUT2D eigenvalue weighted by atomic mass is 32.2. The predicted octanol–water partition coefficient (Wildman–Crippen LogP) is 3.91. The van der Waals surface area contributed by atoms with E-state index in [1.54, 1.807) is 12.1 Å². The molecule has 1 saturated carbocycles. The average molecular weight is 575 g/mol. The van der Waals surface area contributed by atoms with E-state index in [0.29, 0.717) is 22.3 Å². The van der Waals surface area contributed by atoms with E-state index in [4.69, 9.17) is 0 Å². The van der Waals surface area contributed by atoms with Gasteiger partial charge in [-0.05, 0) is 54.8 Å². The fourth-order valence-electron chi connectivity index (χ4n) is 5.25. The molecular formula is C30H34N6O4S. The van der Waals surface area contributed by atoms with Crippen molar-refractivity contribution in [1.29, 1.82) is 0 Å². The average Bonchev–Trinajstić information content (AvgIpc) is 3.39. The van der Waals surface area contributed by atoms with Gasteiger partial charge in [0, 0.05) is 25.8 Å². The van der Waals surface area contributed by atoms with E-state index in [-0.39, 0.29) is 23.4 Å². The first kappa shape index (κ1) is 28.4. The lowest BCUT2D eigenvalue weighted by atomic mass is 9.94. The second-order valence-electron chi connectivity index (χ2n) is 10.4. The number of rotatable bonds is 9. The van der Waals surface area contributed by atoms with Crippen LogP contribution in [0, 0.1) is 0 Å². The quantitative estimate of drug-likeness (QED) is 0.324. The van der Waals surface area contributed by atoms with E-state index < -0.39 is 22.0 Å². The number of nitrogens with zero attached hydrogens (tertiary/aromatic N) is 5. The number of carbonyl (C=O) groups is 2. The molecule has 1 heterocycles. The Morgan fingerprint density at radius 2 is 1.59 bits per heavy atom. The van der Waals surface area contributed by atoms with Crippen LogP contribution >= 0.6 is 0 Å². The minimum atomic E-state index is -3.68. The monoisotopic (exact) mass is 574 g/mol. The summed E-state index contributed by atoms with van der Waals surface area (Å²) >= 11 is 0. The topological polar surface area (TPSA) is 118 Å². The largest absolute Gasteiger partial charge is 0.351 e. The van der Waals surface area contributed by atoms with E-state index >= 15 is 0 Å². The summed E-state index contributed by atoms with van der Waals surface area (Å²) in [4.78, 5) is 29.7. The molecule has 1 N–H and O–H groups in total. The lowest BCUT2D eigenvalue weighted by Gasteiger charge is -2.33. The number of anilines is 1. The molecule has 1 atom stereocenters. The Bertz CT molecular complexity index is 1610. The Labute approximate surface area is 240 Å². The summed E-state index contributed by atoms with van der Waals surface area (Å²) in [6, 6.07) is 21.6. The summed E-state index contributed by atoms with van der Waals surface area (Å²) in [5, 5.41) is 11.5. The van der Waals surface area contributed by atoms with Crippen LogP contribution in [-0.2, 0) is 26.2 Å². The van der Waals surface area contributed by atoms with E-state index in [0.717, 1.165) is 36.4 Å². The Kier molecular flexibility index (Phi) is 8.46. The zero-order valence-electron chi connectivity index (χ0n) is 23.2. The molecule has 2 amide bonds. The van der Waals surface area contributed by atoms with Crippen LogP contribution in [0.4, 0.5) is 5.69 Å². The van der Waals surface area contributed by atoms with Crippen molar-refractivity contribution >= 4 is 38.6 Å². The van der Waals surface area contributed by atoms with Crippen LogP contribution in [0.2, 0.25) is 0 Å². The third-order valence-corrected chi connectivity index (χ3v) is 9.27. The van der Waals surface area contributed by atoms with Gasteiger partial charge >= 0.3 is 0 Å². The number of fused-ring (bicyclic) bond motifs is 1. The van der Waals surface area contributed by atoms with Crippen molar-refractivity contribution < 1.29 is 18.0 Å². The SMILES string of the molecule is CN(C)S(=O)(=O)c1ccc(N(C(=O)Cn2nnc3ccccc32)[C@@H](C(=O)NC2CCCCC2)c2ccccc2)cc1. The third kappa shape index (κ3) is 6.15. The van der Waals surface area contributed by atoms with Crippen molar-refractivity contribution in [2.24, 2.45) is 0 Å². The number of hydrogen-bond donors (Lipinski definition) is 1. The smallest absolute Gasteiger partial charge is 0.249 e. The summed E-state index contributed by atoms with van der Waals surface area (Å²) in [5.74, 6) is -0.679. The molecule has 1 aliphatic carbocycles. The van der Waals surface area contributed by atoms with E-state index in [1.165, 1.54) is 35.8 Å². The summed E-state index contributed by atoms with van der Waals surface area (Å²) in [5.41, 5.74) is 2.38. The molecule has 0 bridgehead atoms. The first-order chi connectivity index (χ1) is 19.8. The summed E-state index contributed by atoms with van der Waals surface area (Å²) in [7, 11) is -0.763. The van der Waals surface area contributed by atoms with Crippen LogP contribution in [0.25, 0.3) is 11.0 Å². The molecule has 0 unspecified atom stereocenters. The van der Waals surface area contributed by atoms with Crippen LogP contribution in [0.1, 0.15) is 43.7 Å². The van der Waals surface area contributed by atoms with Crippen molar-refractivity contribution in [2.75, 3.05) is 19.0 Å². The molecule has 4 aromatic rings. The van der Waals surface area contributed by atoms with Gasteiger partial charge in [-0.2, -0.15) is 0 Å². The van der Waals surface area contributed by atoms with Gasteiger partial charge in [-0.3, -0.25) is 14.5 Å². The standard InChI is InChI=1S/C30H34N6O4S/c1-34(2)41(39,40)25-19-17-24(18-20-25)36(28(37)21-35-27-16-10-9-15-26(27)32-33-35)29(22-11-5-3-6-12-22)30(38)31-23-13-7-4-8-14-23/h3,5-6,9-12,15-20,23,29H,4,7-8,13-14,21H2,1-2H3,(H,31,38)/t29-/m1/s1. The predicted molar refractivity (Wildman–Crippen MR) is 157 cm³/mol. The van der Waals surface area contributed by atoms with E-state index in [9.17, 15) is 18.0 Å². The maximum Gasteiger partial charge on any atom is 0.249 e. The number of carbonyl (C=O) groups excluding carboxylic acids is 2. The van der Waals surface area contributed by atoms with Gasteiger partial charge in [0.25, 0.3) is 0 Å². The Hall–Kier alpha value is -4.09. The molecule has 0 saturated heterocycles. The van der Waals surface area contributed by atoms with Crippen molar-refractivity contribution in [3.63, 3.8) is 0 Å². The van der Waals surface area contributed by atoms with Gasteiger partial charge in [-0.1, -0.05) is 66.9 Å². The first-order valence-electron chi connectivity index (χ1n) is 13.7. The zero-order valence-corrected chi connectivity index (χ0v) is 24.0. The summed E-state index contributed by atoms with van der Waals surface area (Å²) in [6.07, 6.45) is 5.02. The van der Waals surface area contributed by atoms with Gasteiger partial charge in [-0.25, -0.2) is 17.4 Å². The van der Waals surface area contributed by atoms with Crippen LogP contribution in [0.5, 0.6) is 0 Å². The van der Waals surface area contributed by atoms with Crippen LogP contribution < -0.4 is 10.2 Å². The van der Waals surface area contributed by atoms with Gasteiger partial charge < -0.3 is 5.32 Å². The number of nitrogens with one attached hydrogen (secondary N) is 1. The van der Waals surface area contributed by atoms with Gasteiger partial charge in [0.05, 0.1) is 10.4 Å². The summed E-state index contributed by atoms with van der Waals surface area (Å²) in [6.45, 7) is -0.168. The van der Waals surface area contributed by atoms with Crippen molar-refractivity contribution in [2.45, 2.75) is 55.6 Å². The second kappa shape index (κ2) is 12.2. The molecule has 10 nitrogen and oxygen atoms in total. The van der Waals surface area contributed by atoms with Crippen LogP contribution in [0.3, 0.4) is 0 Å². The maximum absolute atomic E-state index is 14.2. The number of amides is 2. The normalized spacial score (nSPS) is 15.1. The van der Waals surface area contributed by atoms with Crippen molar-refractivity contribution in [3.8, 4) is 0 Å². The molecular weight excluding hydrogens is 540 g/mol. The molecule has 41 heavy (non-hydrogen) atoms. The highest BCUT2D eigenvalue weighted by Crippen LogP contribution is 2.31. The molecule has 3 aromatic carbocycles. The lowest BCUT2D eigenvalue weighted by molar-refractivity contribution is -0.127. The van der Waals surface area contributed by atoms with Gasteiger partial charge in [0.15, 0.2) is 0 Å². The number of benzene rings is 3. The van der Waals surface area contributed by atoms with E-state index in [2.05, 4.69) is 15.6 Å². The lowest BCUT2D eigenvalue weighted by Crippen LogP contribution is -2.48. The van der Waals surface area contributed by atoms with Crippen LogP contribution in [-0.4, -0.2) is 59.7 Å². The minimum absolute atomic E-state index is 0.0336. The molecule has 214 valence electrons. The third-order valence-electron chi connectivity index (χ3n) is 7.44. The number of hydrogen-bond acceptors (Lipinski definition) is 6. The Morgan fingerprint density at radius 1 is 0.927 bits per heavy atom. The maximum atomic E-state index is 14.2. The molecule has 0 radical (unpaired) electrons. The van der Waals surface area contributed by atoms with Crippen molar-refractivity contribution in [1.82, 2.24) is 24.6 Å². The molecule has 1 fully saturated rings. The highest BCUT2D eigenvalue weighted by Gasteiger charge is 2.34. The fourth-order valence-corrected chi connectivity index (χ4v) is 6.15. The molecule has 0 spiro atoms. The molecule has 1 aliphatic rings. The van der Waals surface area contributed by atoms with E-state index in [1.807, 2.05) is 54.6 Å². The highest BCUT2D eigenvalue weighted by molar-refractivity contribution is 7.89. The van der Waals surface area contributed by atoms with Gasteiger partial charge in [0.2, 0.25) is 21.8 Å². The minimum Gasteiger partial charge on any atom is -0.351 e. The first-order valence-corrected chi connectivity index (χ1v) is 15.2. The van der Waals surface area contributed by atoms with Crippen molar-refractivity contribution in [3.05, 3.63) is 84.4 Å². The van der Waals surface area contributed by atoms with Crippen LogP contribution in [0.15, 0.2) is 83.8 Å². The summed E-state index contributed by atoms with van der Waals surface area (Å²) < 4.78 is 28.1. The molecule has 5 rings (SSSR count). The number of para-hydroxylation sites is 1. The zero-order chi connectivity index (χ0) is 29.0. The molecule has 0 aliphatic heterocycles. The number of sulfonamides is 1. The second-order valence-corrected chi connectivity index (χ2v) is 12.6. The van der Waals surface area contributed by atoms with Gasteiger partial charge in [-0.15, -0.1) is 5.10 Å². The molecule has 1 aromatic heterocycles. The fraction of sp³-hybridized carbons (Fsp3) is 0.333. The Morgan fingerprint density at radius 3 is 2.27 bits per heavy atom. The van der Waals surface area contributed by atoms with Gasteiger partial charge in [0.1, 0.15) is 18.1 Å². The Balaban J connectivity index is 1.57.